The van der Waals surface area contributed by atoms with Gasteiger partial charge in [0.25, 0.3) is 0 Å². The van der Waals surface area contributed by atoms with Gasteiger partial charge in [0.05, 0.1) is 0 Å². The predicted octanol–water partition coefficient (Wildman–Crippen LogP) is 3.00. The minimum atomic E-state index is 0.313. The average Bonchev–Trinajstić information content (AvgIpc) is 2.74. The molecule has 0 bridgehead atoms. The molecule has 4 N–H and O–H groups in total. The molecular formula is C10H11I2N5. The summed E-state index contributed by atoms with van der Waals surface area (Å²) < 4.78 is 1.93. The molecule has 5 nitrogen and oxygen atoms in total. The SMILES string of the molecule is Nc1nc(Nc2cccc(CI)c2CI)n[nH]1. The minimum absolute atomic E-state index is 0.313. The Hall–Kier alpha value is -0.580. The Morgan fingerprint density at radius 3 is 2.71 bits per heavy atom. The molecule has 1 aromatic carbocycles. The molecule has 0 spiro atoms. The van der Waals surface area contributed by atoms with E-state index in [0.29, 0.717) is 11.9 Å². The standard InChI is InChI=1S/C10H11I2N5/c11-4-6-2-1-3-8(7(6)5-12)14-10-15-9(13)16-17-10/h1-3H,4-5H2,(H4,13,14,15,16,17). The number of alkyl halides is 2. The Balaban J connectivity index is 2.32. The predicted molar refractivity (Wildman–Crippen MR) is 86.0 cm³/mol. The van der Waals surface area contributed by atoms with Crippen LogP contribution in [0.25, 0.3) is 0 Å². The van der Waals surface area contributed by atoms with Crippen molar-refractivity contribution in [3.63, 3.8) is 0 Å². The molecule has 0 aliphatic heterocycles. The summed E-state index contributed by atoms with van der Waals surface area (Å²) >= 11 is 4.72. The van der Waals surface area contributed by atoms with Crippen molar-refractivity contribution in [1.82, 2.24) is 15.2 Å². The van der Waals surface area contributed by atoms with Crippen LogP contribution in [0.2, 0.25) is 0 Å². The molecule has 17 heavy (non-hydrogen) atoms. The van der Waals surface area contributed by atoms with E-state index >= 15 is 0 Å². The highest BCUT2D eigenvalue weighted by atomic mass is 127. The number of H-pyrrole nitrogens is 1. The minimum Gasteiger partial charge on any atom is -0.368 e. The topological polar surface area (TPSA) is 79.6 Å². The lowest BCUT2D eigenvalue weighted by Crippen LogP contribution is -1.99. The van der Waals surface area contributed by atoms with Gasteiger partial charge in [-0.1, -0.05) is 57.3 Å². The molecule has 0 aliphatic carbocycles. The lowest BCUT2D eigenvalue weighted by molar-refractivity contribution is 1.10. The van der Waals surface area contributed by atoms with Gasteiger partial charge in [0.1, 0.15) is 0 Å². The largest absolute Gasteiger partial charge is 0.368 e. The Morgan fingerprint density at radius 1 is 1.29 bits per heavy atom. The Morgan fingerprint density at radius 2 is 2.12 bits per heavy atom. The van der Waals surface area contributed by atoms with Crippen LogP contribution in [-0.4, -0.2) is 15.2 Å². The molecule has 0 saturated heterocycles. The van der Waals surface area contributed by atoms with Crippen molar-refractivity contribution < 1.29 is 0 Å². The first-order valence-electron chi connectivity index (χ1n) is 4.92. The number of nitrogen functional groups attached to an aromatic ring is 1. The second-order valence-corrected chi connectivity index (χ2v) is 4.91. The zero-order valence-corrected chi connectivity index (χ0v) is 13.2. The van der Waals surface area contributed by atoms with E-state index in [1.54, 1.807) is 0 Å². The summed E-state index contributed by atoms with van der Waals surface area (Å²) in [5.74, 6) is 0.813. The van der Waals surface area contributed by atoms with Crippen LogP contribution >= 0.6 is 45.2 Å². The maximum absolute atomic E-state index is 5.49. The number of hydrogen-bond donors (Lipinski definition) is 3. The first-order chi connectivity index (χ1) is 8.24. The van der Waals surface area contributed by atoms with E-state index in [-0.39, 0.29) is 0 Å². The molecule has 0 unspecified atom stereocenters. The van der Waals surface area contributed by atoms with Crippen molar-refractivity contribution in [3.8, 4) is 0 Å². The normalized spacial score (nSPS) is 10.5. The second kappa shape index (κ2) is 5.85. The van der Waals surface area contributed by atoms with E-state index in [4.69, 9.17) is 5.73 Å². The summed E-state index contributed by atoms with van der Waals surface area (Å²) in [7, 11) is 0. The van der Waals surface area contributed by atoms with E-state index in [1.165, 1.54) is 11.1 Å². The molecule has 1 aromatic heterocycles. The molecule has 90 valence electrons. The maximum atomic E-state index is 5.49. The van der Waals surface area contributed by atoms with Gasteiger partial charge in [-0.15, -0.1) is 5.10 Å². The van der Waals surface area contributed by atoms with Crippen LogP contribution in [0, 0.1) is 0 Å². The molecule has 0 amide bonds. The van der Waals surface area contributed by atoms with E-state index < -0.39 is 0 Å². The number of aromatic amines is 1. The summed E-state index contributed by atoms with van der Waals surface area (Å²) in [6, 6.07) is 6.19. The number of aromatic nitrogens is 3. The number of nitrogens with two attached hydrogens (primary N) is 1. The third-order valence-corrected chi connectivity index (χ3v) is 3.88. The molecule has 0 saturated carbocycles. The van der Waals surface area contributed by atoms with Crippen molar-refractivity contribution in [1.29, 1.82) is 0 Å². The zero-order valence-electron chi connectivity index (χ0n) is 8.87. The Labute approximate surface area is 126 Å². The number of anilines is 3. The number of nitrogens with one attached hydrogen (secondary N) is 2. The fraction of sp³-hybridized carbons (Fsp3) is 0.200. The molecule has 0 fully saturated rings. The summed E-state index contributed by atoms with van der Waals surface area (Å²) in [6.07, 6.45) is 0. The van der Waals surface area contributed by atoms with Crippen molar-refractivity contribution >= 4 is 62.8 Å². The second-order valence-electron chi connectivity index (χ2n) is 3.38. The number of halogens is 2. The van der Waals surface area contributed by atoms with E-state index in [2.05, 4.69) is 71.7 Å². The molecule has 0 atom stereocenters. The maximum Gasteiger partial charge on any atom is 0.248 e. The van der Waals surface area contributed by atoms with Gasteiger partial charge in [-0.3, -0.25) is 0 Å². The number of rotatable bonds is 4. The van der Waals surface area contributed by atoms with Gasteiger partial charge in [0, 0.05) is 14.5 Å². The first kappa shape index (κ1) is 12.9. The monoisotopic (exact) mass is 455 g/mol. The average molecular weight is 455 g/mol. The highest BCUT2D eigenvalue weighted by molar-refractivity contribution is 14.1. The molecule has 2 rings (SSSR count). The summed E-state index contributed by atoms with van der Waals surface area (Å²) in [5, 5.41) is 9.75. The van der Waals surface area contributed by atoms with Gasteiger partial charge in [0.15, 0.2) is 0 Å². The molecular weight excluding hydrogens is 444 g/mol. The van der Waals surface area contributed by atoms with Gasteiger partial charge < -0.3 is 11.1 Å². The van der Waals surface area contributed by atoms with Gasteiger partial charge in [-0.25, -0.2) is 5.10 Å². The summed E-state index contributed by atoms with van der Waals surface area (Å²) in [4.78, 5) is 4.03. The van der Waals surface area contributed by atoms with Crippen LogP contribution in [-0.2, 0) is 8.86 Å². The van der Waals surface area contributed by atoms with Crippen molar-refractivity contribution in [2.45, 2.75) is 8.86 Å². The highest BCUT2D eigenvalue weighted by Crippen LogP contribution is 2.26. The van der Waals surface area contributed by atoms with Crippen molar-refractivity contribution in [3.05, 3.63) is 29.3 Å². The molecule has 0 radical (unpaired) electrons. The van der Waals surface area contributed by atoms with Gasteiger partial charge in [-0.2, -0.15) is 4.98 Å². The molecule has 1 heterocycles. The van der Waals surface area contributed by atoms with Crippen LogP contribution < -0.4 is 11.1 Å². The fourth-order valence-electron chi connectivity index (χ4n) is 1.49. The lowest BCUT2D eigenvalue weighted by Gasteiger charge is -2.11. The highest BCUT2D eigenvalue weighted by Gasteiger charge is 2.08. The van der Waals surface area contributed by atoms with Crippen LogP contribution in [0.15, 0.2) is 18.2 Å². The van der Waals surface area contributed by atoms with E-state index in [9.17, 15) is 0 Å². The zero-order chi connectivity index (χ0) is 12.3. The first-order valence-corrected chi connectivity index (χ1v) is 7.97. The third kappa shape index (κ3) is 3.00. The smallest absolute Gasteiger partial charge is 0.248 e. The van der Waals surface area contributed by atoms with Crippen molar-refractivity contribution in [2.24, 2.45) is 0 Å². The van der Waals surface area contributed by atoms with Gasteiger partial charge >= 0.3 is 0 Å². The number of nitrogens with zero attached hydrogens (tertiary/aromatic N) is 2. The van der Waals surface area contributed by atoms with E-state index in [1.807, 2.05) is 12.1 Å². The molecule has 0 aliphatic rings. The van der Waals surface area contributed by atoms with Crippen LogP contribution in [0.3, 0.4) is 0 Å². The quantitative estimate of drug-likeness (QED) is 0.490. The summed E-state index contributed by atoms with van der Waals surface area (Å²) in [6.45, 7) is 0. The van der Waals surface area contributed by atoms with Gasteiger partial charge in [-0.05, 0) is 17.2 Å². The lowest BCUT2D eigenvalue weighted by atomic mass is 10.1. The van der Waals surface area contributed by atoms with E-state index in [0.717, 1.165) is 14.5 Å². The number of hydrogen-bond acceptors (Lipinski definition) is 4. The Bertz CT molecular complexity index is 511. The summed E-state index contributed by atoms with van der Waals surface area (Å²) in [5.41, 5.74) is 9.13. The molecule has 2 aromatic rings. The third-order valence-electron chi connectivity index (χ3n) is 2.30. The van der Waals surface area contributed by atoms with Crippen LogP contribution in [0.1, 0.15) is 11.1 Å². The Kier molecular flexibility index (Phi) is 4.42. The van der Waals surface area contributed by atoms with Gasteiger partial charge in [0.2, 0.25) is 11.9 Å². The van der Waals surface area contributed by atoms with Crippen LogP contribution in [0.5, 0.6) is 0 Å². The molecule has 7 heteroatoms. The fourth-order valence-corrected chi connectivity index (χ4v) is 3.10. The number of benzene rings is 1. The van der Waals surface area contributed by atoms with Crippen molar-refractivity contribution in [2.75, 3.05) is 11.1 Å². The van der Waals surface area contributed by atoms with Crippen LogP contribution in [0.4, 0.5) is 17.6 Å².